The van der Waals surface area contributed by atoms with Gasteiger partial charge < -0.3 is 9.80 Å². The molecular weight excluding hydrogens is 388 g/mol. The highest BCUT2D eigenvalue weighted by atomic mass is 16.2. The molecule has 1 aromatic heterocycles. The van der Waals surface area contributed by atoms with E-state index in [0.717, 1.165) is 25.2 Å². The summed E-state index contributed by atoms with van der Waals surface area (Å²) < 4.78 is 0. The van der Waals surface area contributed by atoms with Crippen molar-refractivity contribution in [2.45, 2.75) is 45.8 Å². The third-order valence-electron chi connectivity index (χ3n) is 6.25. The average Bonchev–Trinajstić information content (AvgIpc) is 2.78. The lowest BCUT2D eigenvalue weighted by atomic mass is 9.92. The van der Waals surface area contributed by atoms with Gasteiger partial charge in [0, 0.05) is 64.5 Å². The van der Waals surface area contributed by atoms with E-state index in [2.05, 4.69) is 28.1 Å². The quantitative estimate of drug-likeness (QED) is 0.746. The summed E-state index contributed by atoms with van der Waals surface area (Å²) in [5, 5.41) is 0. The van der Waals surface area contributed by atoms with Crippen molar-refractivity contribution < 1.29 is 9.59 Å². The number of rotatable bonds is 5. The largest absolute Gasteiger partial charge is 0.338 e. The molecule has 0 saturated carbocycles. The molecule has 0 radical (unpaired) electrons. The van der Waals surface area contributed by atoms with Gasteiger partial charge >= 0.3 is 0 Å². The van der Waals surface area contributed by atoms with Crippen LogP contribution < -0.4 is 0 Å². The second kappa shape index (κ2) is 9.60. The summed E-state index contributed by atoms with van der Waals surface area (Å²) in [5.41, 5.74) is 3.53. The van der Waals surface area contributed by atoms with E-state index in [9.17, 15) is 9.59 Å². The van der Waals surface area contributed by atoms with Crippen LogP contribution in [0.4, 0.5) is 0 Å². The lowest BCUT2D eigenvalue weighted by Gasteiger charge is -2.41. The monoisotopic (exact) mass is 420 g/mol. The van der Waals surface area contributed by atoms with Crippen molar-refractivity contribution in [3.8, 4) is 0 Å². The second-order valence-corrected chi connectivity index (χ2v) is 9.07. The maximum atomic E-state index is 13.5. The van der Waals surface area contributed by atoms with Crippen LogP contribution in [0.2, 0.25) is 0 Å². The summed E-state index contributed by atoms with van der Waals surface area (Å²) in [7, 11) is 0. The van der Waals surface area contributed by atoms with Crippen LogP contribution in [0.3, 0.4) is 0 Å². The van der Waals surface area contributed by atoms with E-state index < -0.39 is 6.04 Å². The highest BCUT2D eigenvalue weighted by Crippen LogP contribution is 2.26. The maximum absolute atomic E-state index is 13.5. The zero-order chi connectivity index (χ0) is 21.8. The van der Waals surface area contributed by atoms with Crippen molar-refractivity contribution in [2.24, 2.45) is 5.92 Å². The van der Waals surface area contributed by atoms with Crippen molar-refractivity contribution in [2.75, 3.05) is 26.2 Å². The molecule has 31 heavy (non-hydrogen) atoms. The van der Waals surface area contributed by atoms with E-state index in [0.29, 0.717) is 32.5 Å². The zero-order valence-corrected chi connectivity index (χ0v) is 18.5. The highest BCUT2D eigenvalue weighted by molar-refractivity contribution is 5.88. The lowest BCUT2D eigenvalue weighted by Crippen LogP contribution is -2.57. The van der Waals surface area contributed by atoms with Crippen molar-refractivity contribution >= 4 is 11.8 Å². The summed E-state index contributed by atoms with van der Waals surface area (Å²) in [6.45, 7) is 8.55. The van der Waals surface area contributed by atoms with Gasteiger partial charge in [-0.1, -0.05) is 44.2 Å². The minimum absolute atomic E-state index is 0.0815. The summed E-state index contributed by atoms with van der Waals surface area (Å²) in [5.74, 6) is 0.446. The molecule has 0 N–H and O–H groups in total. The Bertz CT molecular complexity index is 907. The van der Waals surface area contributed by atoms with E-state index in [1.165, 1.54) is 11.1 Å². The number of nitrogens with zero attached hydrogens (tertiary/aromatic N) is 4. The Morgan fingerprint density at radius 2 is 1.77 bits per heavy atom. The fraction of sp³-hybridized carbons (Fsp3) is 0.480. The predicted molar refractivity (Wildman–Crippen MR) is 120 cm³/mol. The lowest BCUT2D eigenvalue weighted by molar-refractivity contribution is -0.148. The van der Waals surface area contributed by atoms with E-state index in [1.54, 1.807) is 6.20 Å². The first-order valence-electron chi connectivity index (χ1n) is 11.3. The Balaban J connectivity index is 1.43. The van der Waals surface area contributed by atoms with Crippen molar-refractivity contribution in [3.05, 3.63) is 65.5 Å². The van der Waals surface area contributed by atoms with Crippen LogP contribution in [-0.2, 0) is 29.1 Å². The molecule has 4 rings (SSSR count). The van der Waals surface area contributed by atoms with Crippen molar-refractivity contribution in [1.82, 2.24) is 19.7 Å². The molecule has 1 saturated heterocycles. The van der Waals surface area contributed by atoms with Gasteiger partial charge in [0.15, 0.2) is 0 Å². The number of hydrogen-bond acceptors (Lipinski definition) is 4. The molecule has 164 valence electrons. The summed E-state index contributed by atoms with van der Waals surface area (Å²) in [6, 6.07) is 11.8. The first kappa shape index (κ1) is 21.5. The number of amides is 2. The summed E-state index contributed by atoms with van der Waals surface area (Å²) in [6.07, 6.45) is 4.77. The van der Waals surface area contributed by atoms with Gasteiger partial charge in [-0.25, -0.2) is 0 Å². The molecule has 2 aromatic rings. The first-order chi connectivity index (χ1) is 15.0. The Labute approximate surface area is 184 Å². The van der Waals surface area contributed by atoms with Crippen LogP contribution in [0.25, 0.3) is 0 Å². The van der Waals surface area contributed by atoms with Gasteiger partial charge in [-0.15, -0.1) is 0 Å². The van der Waals surface area contributed by atoms with E-state index in [-0.39, 0.29) is 17.7 Å². The van der Waals surface area contributed by atoms with Crippen LogP contribution in [0, 0.1) is 5.92 Å². The Kier molecular flexibility index (Phi) is 6.66. The molecule has 3 heterocycles. The van der Waals surface area contributed by atoms with Gasteiger partial charge in [0.25, 0.3) is 0 Å². The number of carbonyl (C=O) groups is 2. The number of piperazine rings is 1. The standard InChI is InChI=1S/C25H32N4O2/c1-19(2)14-24(30)29-18-22-8-4-3-7-21(22)15-23(29)25(31)28-12-10-27(11-13-28)17-20-6-5-9-26-16-20/h3-9,16,19,23H,10-15,17-18H2,1-2H3. The van der Waals surface area contributed by atoms with E-state index in [1.807, 2.05) is 48.0 Å². The zero-order valence-electron chi connectivity index (χ0n) is 18.5. The molecule has 1 atom stereocenters. The maximum Gasteiger partial charge on any atom is 0.245 e. The smallest absolute Gasteiger partial charge is 0.245 e. The molecule has 1 aromatic carbocycles. The average molecular weight is 421 g/mol. The molecular formula is C25H32N4O2. The van der Waals surface area contributed by atoms with Crippen LogP contribution in [0.1, 0.15) is 37.0 Å². The third kappa shape index (κ3) is 5.13. The fourth-order valence-corrected chi connectivity index (χ4v) is 4.56. The van der Waals surface area contributed by atoms with Crippen molar-refractivity contribution in [1.29, 1.82) is 0 Å². The van der Waals surface area contributed by atoms with Gasteiger partial charge in [0.2, 0.25) is 11.8 Å². The number of aromatic nitrogens is 1. The van der Waals surface area contributed by atoms with Gasteiger partial charge in [-0.3, -0.25) is 19.5 Å². The Morgan fingerprint density at radius 3 is 2.45 bits per heavy atom. The van der Waals surface area contributed by atoms with E-state index >= 15 is 0 Å². The second-order valence-electron chi connectivity index (χ2n) is 9.07. The molecule has 1 unspecified atom stereocenters. The summed E-state index contributed by atoms with van der Waals surface area (Å²) >= 11 is 0. The Hall–Kier alpha value is -2.73. The van der Waals surface area contributed by atoms with Crippen molar-refractivity contribution in [3.63, 3.8) is 0 Å². The molecule has 0 aliphatic carbocycles. The van der Waals surface area contributed by atoms with Gasteiger partial charge in [0.1, 0.15) is 6.04 Å². The molecule has 2 aliphatic rings. The minimum Gasteiger partial charge on any atom is -0.338 e. The molecule has 1 fully saturated rings. The van der Waals surface area contributed by atoms with E-state index in [4.69, 9.17) is 0 Å². The van der Waals surface area contributed by atoms with Crippen LogP contribution in [0.5, 0.6) is 0 Å². The number of hydrogen-bond donors (Lipinski definition) is 0. The van der Waals surface area contributed by atoms with Gasteiger partial charge in [-0.2, -0.15) is 0 Å². The fourth-order valence-electron chi connectivity index (χ4n) is 4.56. The van der Waals surface area contributed by atoms with Crippen LogP contribution in [-0.4, -0.2) is 63.7 Å². The molecule has 6 heteroatoms. The Morgan fingerprint density at radius 1 is 1.03 bits per heavy atom. The number of pyridine rings is 1. The molecule has 0 spiro atoms. The summed E-state index contributed by atoms with van der Waals surface area (Å²) in [4.78, 5) is 36.9. The number of fused-ring (bicyclic) bond motifs is 1. The van der Waals surface area contributed by atoms with Crippen LogP contribution in [0.15, 0.2) is 48.8 Å². The molecule has 2 aliphatic heterocycles. The van der Waals surface area contributed by atoms with Gasteiger partial charge in [0.05, 0.1) is 0 Å². The molecule has 6 nitrogen and oxygen atoms in total. The normalized spacial score (nSPS) is 19.4. The SMILES string of the molecule is CC(C)CC(=O)N1Cc2ccccc2CC1C(=O)N1CCN(Cc2cccnc2)CC1. The highest BCUT2D eigenvalue weighted by Gasteiger charge is 2.37. The first-order valence-corrected chi connectivity index (χ1v) is 11.3. The predicted octanol–water partition coefficient (Wildman–Crippen LogP) is 2.73. The molecule has 0 bridgehead atoms. The number of benzene rings is 1. The third-order valence-corrected chi connectivity index (χ3v) is 6.25. The topological polar surface area (TPSA) is 56.8 Å². The molecule has 2 amide bonds. The minimum atomic E-state index is -0.397. The van der Waals surface area contributed by atoms with Crippen LogP contribution >= 0.6 is 0 Å². The number of carbonyl (C=O) groups excluding carboxylic acids is 2. The van der Waals surface area contributed by atoms with Gasteiger partial charge in [-0.05, 0) is 28.7 Å².